The molecule has 1 aliphatic rings. The molecule has 0 spiro atoms. The van der Waals surface area contributed by atoms with Crippen molar-refractivity contribution in [2.24, 2.45) is 29.1 Å². The predicted octanol–water partition coefficient (Wildman–Crippen LogP) is 3.42. The molecule has 0 amide bonds. The van der Waals surface area contributed by atoms with Crippen molar-refractivity contribution in [1.29, 1.82) is 0 Å². The molecule has 0 aliphatic heterocycles. The smallest absolute Gasteiger partial charge is 0.306 e. The molecule has 88 valence electrons. The van der Waals surface area contributed by atoms with Crippen LogP contribution in [0.4, 0.5) is 0 Å². The Morgan fingerprint density at radius 1 is 1.13 bits per heavy atom. The van der Waals surface area contributed by atoms with Gasteiger partial charge in [-0.3, -0.25) is 4.79 Å². The van der Waals surface area contributed by atoms with Crippen molar-refractivity contribution in [3.8, 4) is 0 Å². The number of aliphatic carboxylic acids is 1. The van der Waals surface area contributed by atoms with Crippen LogP contribution in [-0.2, 0) is 4.79 Å². The van der Waals surface area contributed by atoms with Crippen LogP contribution in [0.5, 0.6) is 0 Å². The van der Waals surface area contributed by atoms with E-state index in [9.17, 15) is 4.79 Å². The largest absolute Gasteiger partial charge is 0.481 e. The molecule has 1 fully saturated rings. The summed E-state index contributed by atoms with van der Waals surface area (Å²) in [6, 6.07) is 0. The summed E-state index contributed by atoms with van der Waals surface area (Å²) in [6.07, 6.45) is 1.70. The van der Waals surface area contributed by atoms with E-state index in [0.29, 0.717) is 23.2 Å². The molecule has 0 heterocycles. The zero-order valence-corrected chi connectivity index (χ0v) is 10.6. The number of rotatable bonds is 1. The molecule has 0 radical (unpaired) electrons. The van der Waals surface area contributed by atoms with Gasteiger partial charge in [0.05, 0.1) is 5.92 Å². The number of hydrogen-bond acceptors (Lipinski definition) is 1. The number of carbonyl (C=O) groups is 1. The van der Waals surface area contributed by atoms with Crippen molar-refractivity contribution in [1.82, 2.24) is 0 Å². The molecular weight excluding hydrogens is 188 g/mol. The molecule has 1 N–H and O–H groups in total. The van der Waals surface area contributed by atoms with Gasteiger partial charge in [-0.25, -0.2) is 0 Å². The molecule has 1 rings (SSSR count). The second kappa shape index (κ2) is 4.15. The standard InChI is InChI=1S/C13H24O2/c1-8-6-10(12(14)15)7-9(2)11(8)13(3,4)5/h8-11H,6-7H2,1-5H3,(H,14,15). The van der Waals surface area contributed by atoms with E-state index in [4.69, 9.17) is 5.11 Å². The molecule has 2 heteroatoms. The summed E-state index contributed by atoms with van der Waals surface area (Å²) in [7, 11) is 0. The highest BCUT2D eigenvalue weighted by Gasteiger charge is 2.41. The third-order valence-corrected chi connectivity index (χ3v) is 3.89. The zero-order valence-electron chi connectivity index (χ0n) is 10.6. The molecule has 0 bridgehead atoms. The first-order valence-corrected chi connectivity index (χ1v) is 5.96. The Kier molecular flexibility index (Phi) is 3.47. The monoisotopic (exact) mass is 212 g/mol. The van der Waals surface area contributed by atoms with Gasteiger partial charge in [0, 0.05) is 0 Å². The van der Waals surface area contributed by atoms with Crippen molar-refractivity contribution >= 4 is 5.97 Å². The van der Waals surface area contributed by atoms with E-state index in [0.717, 1.165) is 12.8 Å². The number of carboxylic acid groups (broad SMARTS) is 1. The summed E-state index contributed by atoms with van der Waals surface area (Å²) < 4.78 is 0. The molecule has 0 aromatic heterocycles. The molecule has 1 aliphatic carbocycles. The molecule has 15 heavy (non-hydrogen) atoms. The van der Waals surface area contributed by atoms with E-state index in [-0.39, 0.29) is 5.92 Å². The zero-order chi connectivity index (χ0) is 11.8. The van der Waals surface area contributed by atoms with E-state index < -0.39 is 5.97 Å². The Labute approximate surface area is 93.1 Å². The quantitative estimate of drug-likeness (QED) is 0.723. The van der Waals surface area contributed by atoms with Crippen LogP contribution in [0.25, 0.3) is 0 Å². The minimum atomic E-state index is -0.610. The van der Waals surface area contributed by atoms with Crippen LogP contribution in [0.15, 0.2) is 0 Å². The van der Waals surface area contributed by atoms with E-state index in [1.54, 1.807) is 0 Å². The summed E-state index contributed by atoms with van der Waals surface area (Å²) in [6.45, 7) is 11.2. The van der Waals surface area contributed by atoms with E-state index in [1.807, 2.05) is 0 Å². The highest BCUT2D eigenvalue weighted by atomic mass is 16.4. The summed E-state index contributed by atoms with van der Waals surface area (Å²) in [5.41, 5.74) is 0.294. The van der Waals surface area contributed by atoms with Gasteiger partial charge in [0.15, 0.2) is 0 Å². The highest BCUT2D eigenvalue weighted by Crippen LogP contribution is 2.46. The van der Waals surface area contributed by atoms with Gasteiger partial charge in [-0.15, -0.1) is 0 Å². The van der Waals surface area contributed by atoms with Crippen molar-refractivity contribution in [3.63, 3.8) is 0 Å². The van der Waals surface area contributed by atoms with Gasteiger partial charge in [-0.1, -0.05) is 34.6 Å². The molecular formula is C13H24O2. The lowest BCUT2D eigenvalue weighted by molar-refractivity contribution is -0.145. The average Bonchev–Trinajstić information content (AvgIpc) is 1.99. The molecule has 0 aromatic rings. The normalized spacial score (nSPS) is 37.7. The van der Waals surface area contributed by atoms with Gasteiger partial charge in [-0.2, -0.15) is 0 Å². The maximum absolute atomic E-state index is 11.0. The predicted molar refractivity (Wildman–Crippen MR) is 61.6 cm³/mol. The van der Waals surface area contributed by atoms with Gasteiger partial charge >= 0.3 is 5.97 Å². The molecule has 2 nitrogen and oxygen atoms in total. The van der Waals surface area contributed by atoms with Crippen LogP contribution in [0.2, 0.25) is 0 Å². The fourth-order valence-electron chi connectivity index (χ4n) is 3.76. The van der Waals surface area contributed by atoms with Gasteiger partial charge in [0.25, 0.3) is 0 Å². The average molecular weight is 212 g/mol. The van der Waals surface area contributed by atoms with E-state index in [2.05, 4.69) is 34.6 Å². The second-order valence-electron chi connectivity index (χ2n) is 6.35. The Hall–Kier alpha value is -0.530. The molecule has 0 saturated heterocycles. The van der Waals surface area contributed by atoms with Gasteiger partial charge in [-0.05, 0) is 36.0 Å². The maximum atomic E-state index is 11.0. The van der Waals surface area contributed by atoms with Crippen LogP contribution in [0.3, 0.4) is 0 Å². The Balaban J connectivity index is 2.77. The minimum Gasteiger partial charge on any atom is -0.481 e. The Morgan fingerprint density at radius 3 is 1.80 bits per heavy atom. The summed E-state index contributed by atoms with van der Waals surface area (Å²) in [5.74, 6) is 0.965. The Bertz CT molecular complexity index is 227. The van der Waals surface area contributed by atoms with E-state index >= 15 is 0 Å². The SMILES string of the molecule is CC1CC(C(=O)O)CC(C)C1C(C)(C)C. The molecule has 2 unspecified atom stereocenters. The van der Waals surface area contributed by atoms with Crippen LogP contribution in [0, 0.1) is 29.1 Å². The summed E-state index contributed by atoms with van der Waals surface area (Å²) >= 11 is 0. The van der Waals surface area contributed by atoms with Crippen LogP contribution in [0.1, 0.15) is 47.5 Å². The lowest BCUT2D eigenvalue weighted by Crippen LogP contribution is -2.40. The fourth-order valence-corrected chi connectivity index (χ4v) is 3.76. The summed E-state index contributed by atoms with van der Waals surface area (Å²) in [4.78, 5) is 11.0. The fraction of sp³-hybridized carbons (Fsp3) is 0.923. The van der Waals surface area contributed by atoms with Crippen LogP contribution >= 0.6 is 0 Å². The summed E-state index contributed by atoms with van der Waals surface area (Å²) in [5, 5.41) is 9.06. The number of hydrogen-bond donors (Lipinski definition) is 1. The lowest BCUT2D eigenvalue weighted by Gasteiger charge is -2.45. The molecule has 2 atom stereocenters. The molecule has 1 saturated carbocycles. The third kappa shape index (κ3) is 2.73. The highest BCUT2D eigenvalue weighted by molar-refractivity contribution is 5.70. The van der Waals surface area contributed by atoms with Crippen molar-refractivity contribution in [2.45, 2.75) is 47.5 Å². The lowest BCUT2D eigenvalue weighted by atomic mass is 9.60. The number of carboxylic acids is 1. The van der Waals surface area contributed by atoms with Crippen LogP contribution in [-0.4, -0.2) is 11.1 Å². The first-order valence-electron chi connectivity index (χ1n) is 5.96. The minimum absolute atomic E-state index is 0.117. The van der Waals surface area contributed by atoms with Crippen molar-refractivity contribution in [3.05, 3.63) is 0 Å². The van der Waals surface area contributed by atoms with Crippen molar-refractivity contribution < 1.29 is 9.90 Å². The topological polar surface area (TPSA) is 37.3 Å². The maximum Gasteiger partial charge on any atom is 0.306 e. The second-order valence-corrected chi connectivity index (χ2v) is 6.35. The van der Waals surface area contributed by atoms with Gasteiger partial charge < -0.3 is 5.11 Å². The van der Waals surface area contributed by atoms with Crippen LogP contribution < -0.4 is 0 Å². The first-order chi connectivity index (χ1) is 6.73. The van der Waals surface area contributed by atoms with E-state index in [1.165, 1.54) is 0 Å². The Morgan fingerprint density at radius 2 is 1.53 bits per heavy atom. The first kappa shape index (κ1) is 12.5. The van der Waals surface area contributed by atoms with Crippen molar-refractivity contribution in [2.75, 3.05) is 0 Å². The third-order valence-electron chi connectivity index (χ3n) is 3.89. The van der Waals surface area contributed by atoms with Gasteiger partial charge in [0.2, 0.25) is 0 Å². The van der Waals surface area contributed by atoms with Gasteiger partial charge in [0.1, 0.15) is 0 Å². The molecule has 0 aromatic carbocycles.